The van der Waals surface area contributed by atoms with Crippen molar-refractivity contribution >= 4 is 5.97 Å². The highest BCUT2D eigenvalue weighted by atomic mass is 19.4. The highest BCUT2D eigenvalue weighted by molar-refractivity contribution is 5.69. The first-order valence-electron chi connectivity index (χ1n) is 5.52. The van der Waals surface area contributed by atoms with Gasteiger partial charge in [0.05, 0.1) is 6.61 Å². The van der Waals surface area contributed by atoms with E-state index in [0.717, 1.165) is 18.2 Å². The summed E-state index contributed by atoms with van der Waals surface area (Å²) in [6, 6.07) is 3.10. The molecule has 0 atom stereocenters. The van der Waals surface area contributed by atoms with Crippen LogP contribution in [0, 0.1) is 5.82 Å². The van der Waals surface area contributed by atoms with Crippen molar-refractivity contribution in [2.75, 3.05) is 6.61 Å². The summed E-state index contributed by atoms with van der Waals surface area (Å²) in [5.74, 6) is -2.11. The van der Waals surface area contributed by atoms with Gasteiger partial charge in [0.25, 0.3) is 0 Å². The van der Waals surface area contributed by atoms with E-state index in [-0.39, 0.29) is 25.0 Å². The maximum Gasteiger partial charge on any atom is 0.573 e. The normalized spacial score (nSPS) is 11.2. The first kappa shape index (κ1) is 15.3. The second-order valence-corrected chi connectivity index (χ2v) is 3.57. The Morgan fingerprint density at radius 2 is 2.00 bits per heavy atom. The van der Waals surface area contributed by atoms with Crippen LogP contribution in [0.1, 0.15) is 18.9 Å². The smallest absolute Gasteiger partial charge is 0.466 e. The van der Waals surface area contributed by atoms with Crippen LogP contribution in [0.5, 0.6) is 5.75 Å². The van der Waals surface area contributed by atoms with Crippen LogP contribution in [0.15, 0.2) is 18.2 Å². The SMILES string of the molecule is CCOC(=O)CCc1c(F)cccc1OC(F)(F)F. The fourth-order valence-corrected chi connectivity index (χ4v) is 1.46. The Kier molecular flexibility index (Phi) is 5.14. The van der Waals surface area contributed by atoms with Gasteiger partial charge in [-0.05, 0) is 25.5 Å². The number of carbonyl (C=O) groups excluding carboxylic acids is 1. The molecule has 0 aliphatic carbocycles. The van der Waals surface area contributed by atoms with Crippen LogP contribution >= 0.6 is 0 Å². The van der Waals surface area contributed by atoms with E-state index in [0.29, 0.717) is 0 Å². The van der Waals surface area contributed by atoms with Gasteiger partial charge < -0.3 is 9.47 Å². The molecule has 0 heterocycles. The molecule has 1 aromatic carbocycles. The van der Waals surface area contributed by atoms with Crippen molar-refractivity contribution in [3.05, 3.63) is 29.6 Å². The van der Waals surface area contributed by atoms with Gasteiger partial charge in [-0.15, -0.1) is 13.2 Å². The molecule has 0 spiro atoms. The lowest BCUT2D eigenvalue weighted by atomic mass is 10.1. The molecule has 0 aromatic heterocycles. The fourth-order valence-electron chi connectivity index (χ4n) is 1.46. The number of esters is 1. The molecule has 3 nitrogen and oxygen atoms in total. The van der Waals surface area contributed by atoms with E-state index >= 15 is 0 Å². The van der Waals surface area contributed by atoms with Crippen LogP contribution in [0.25, 0.3) is 0 Å². The molecular weight excluding hydrogens is 268 g/mol. The summed E-state index contributed by atoms with van der Waals surface area (Å²) in [7, 11) is 0. The third kappa shape index (κ3) is 5.15. The van der Waals surface area contributed by atoms with Crippen LogP contribution in [-0.4, -0.2) is 18.9 Å². The molecule has 0 saturated carbocycles. The highest BCUT2D eigenvalue weighted by Gasteiger charge is 2.32. The average molecular weight is 280 g/mol. The summed E-state index contributed by atoms with van der Waals surface area (Å²) in [5, 5.41) is 0. The average Bonchev–Trinajstić information content (AvgIpc) is 2.26. The fraction of sp³-hybridized carbons (Fsp3) is 0.417. The molecule has 0 saturated heterocycles. The van der Waals surface area contributed by atoms with Gasteiger partial charge >= 0.3 is 12.3 Å². The van der Waals surface area contributed by atoms with E-state index in [1.807, 2.05) is 0 Å². The lowest BCUT2D eigenvalue weighted by molar-refractivity contribution is -0.275. The molecule has 106 valence electrons. The monoisotopic (exact) mass is 280 g/mol. The van der Waals surface area contributed by atoms with Gasteiger partial charge in [0, 0.05) is 12.0 Å². The zero-order valence-electron chi connectivity index (χ0n) is 10.1. The standard InChI is InChI=1S/C12H12F4O3/c1-2-18-11(17)7-6-8-9(13)4-3-5-10(8)19-12(14,15)16/h3-5H,2,6-7H2,1H3. The highest BCUT2D eigenvalue weighted by Crippen LogP contribution is 2.29. The van der Waals surface area contributed by atoms with Gasteiger partial charge in [0.2, 0.25) is 0 Å². The summed E-state index contributed by atoms with van der Waals surface area (Å²) in [4.78, 5) is 11.1. The first-order chi connectivity index (χ1) is 8.83. The van der Waals surface area contributed by atoms with Crippen molar-refractivity contribution < 1.29 is 31.8 Å². The van der Waals surface area contributed by atoms with Crippen molar-refractivity contribution in [3.63, 3.8) is 0 Å². The predicted octanol–water partition coefficient (Wildman–Crippen LogP) is 3.22. The first-order valence-corrected chi connectivity index (χ1v) is 5.52. The van der Waals surface area contributed by atoms with Gasteiger partial charge in [-0.25, -0.2) is 4.39 Å². The summed E-state index contributed by atoms with van der Waals surface area (Å²) in [5.41, 5.74) is -0.298. The molecule has 7 heteroatoms. The second-order valence-electron chi connectivity index (χ2n) is 3.57. The van der Waals surface area contributed by atoms with E-state index in [9.17, 15) is 22.4 Å². The zero-order valence-corrected chi connectivity index (χ0v) is 10.1. The topological polar surface area (TPSA) is 35.5 Å². The summed E-state index contributed by atoms with van der Waals surface area (Å²) >= 11 is 0. The number of carbonyl (C=O) groups is 1. The Hall–Kier alpha value is -1.79. The number of hydrogen-bond acceptors (Lipinski definition) is 3. The van der Waals surface area contributed by atoms with Crippen molar-refractivity contribution in [2.45, 2.75) is 26.1 Å². The molecule has 0 amide bonds. The summed E-state index contributed by atoms with van der Waals surface area (Å²) in [6.45, 7) is 1.75. The maximum atomic E-state index is 13.5. The minimum Gasteiger partial charge on any atom is -0.466 e. The largest absolute Gasteiger partial charge is 0.573 e. The molecule has 0 radical (unpaired) electrons. The van der Waals surface area contributed by atoms with Crippen molar-refractivity contribution in [1.29, 1.82) is 0 Å². The Bertz CT molecular complexity index is 443. The van der Waals surface area contributed by atoms with Crippen molar-refractivity contribution in [3.8, 4) is 5.75 Å². The van der Waals surface area contributed by atoms with E-state index < -0.39 is 23.9 Å². The zero-order chi connectivity index (χ0) is 14.5. The van der Waals surface area contributed by atoms with Crippen LogP contribution in [0.3, 0.4) is 0 Å². The number of rotatable bonds is 5. The van der Waals surface area contributed by atoms with E-state index in [1.54, 1.807) is 6.92 Å². The number of hydrogen-bond donors (Lipinski definition) is 0. The summed E-state index contributed by atoms with van der Waals surface area (Å²) in [6.07, 6.45) is -5.35. The molecule has 0 bridgehead atoms. The third-order valence-corrected chi connectivity index (χ3v) is 2.19. The van der Waals surface area contributed by atoms with Gasteiger partial charge in [-0.1, -0.05) is 6.07 Å². The predicted molar refractivity (Wildman–Crippen MR) is 58.0 cm³/mol. The number of benzene rings is 1. The van der Waals surface area contributed by atoms with Gasteiger partial charge in [-0.2, -0.15) is 0 Å². The van der Waals surface area contributed by atoms with Crippen LogP contribution in [0.2, 0.25) is 0 Å². The Labute approximate surface area is 107 Å². The van der Waals surface area contributed by atoms with E-state index in [4.69, 9.17) is 0 Å². The molecule has 0 N–H and O–H groups in total. The Morgan fingerprint density at radius 1 is 1.32 bits per heavy atom. The van der Waals surface area contributed by atoms with Gasteiger partial charge in [0.1, 0.15) is 11.6 Å². The molecular formula is C12H12F4O3. The molecule has 0 fully saturated rings. The third-order valence-electron chi connectivity index (χ3n) is 2.19. The molecule has 1 rings (SSSR count). The lowest BCUT2D eigenvalue weighted by Crippen LogP contribution is -2.18. The maximum absolute atomic E-state index is 13.5. The van der Waals surface area contributed by atoms with E-state index in [2.05, 4.69) is 9.47 Å². The number of halogens is 4. The van der Waals surface area contributed by atoms with Crippen molar-refractivity contribution in [2.24, 2.45) is 0 Å². The molecule has 0 aliphatic heterocycles. The minimum atomic E-state index is -4.91. The minimum absolute atomic E-state index is 0.155. The lowest BCUT2D eigenvalue weighted by Gasteiger charge is -2.13. The van der Waals surface area contributed by atoms with Crippen LogP contribution < -0.4 is 4.74 Å². The quantitative estimate of drug-likeness (QED) is 0.613. The van der Waals surface area contributed by atoms with Gasteiger partial charge in [0.15, 0.2) is 0 Å². The Balaban J connectivity index is 2.83. The van der Waals surface area contributed by atoms with E-state index in [1.165, 1.54) is 0 Å². The van der Waals surface area contributed by atoms with Crippen molar-refractivity contribution in [1.82, 2.24) is 0 Å². The number of ether oxygens (including phenoxy) is 2. The second kappa shape index (κ2) is 6.40. The molecule has 1 aromatic rings. The van der Waals surface area contributed by atoms with Crippen LogP contribution in [-0.2, 0) is 16.0 Å². The van der Waals surface area contributed by atoms with Crippen LogP contribution in [0.4, 0.5) is 17.6 Å². The summed E-state index contributed by atoms with van der Waals surface area (Å²) < 4.78 is 58.2. The molecule has 0 aliphatic rings. The van der Waals surface area contributed by atoms with Gasteiger partial charge in [-0.3, -0.25) is 4.79 Å². The molecule has 0 unspecified atom stereocenters. The number of alkyl halides is 3. The molecule has 19 heavy (non-hydrogen) atoms. The Morgan fingerprint density at radius 3 is 2.58 bits per heavy atom.